The second kappa shape index (κ2) is 5.74. The highest BCUT2D eigenvalue weighted by Gasteiger charge is 2.23. The molecule has 1 fully saturated rings. The van der Waals surface area contributed by atoms with Crippen molar-refractivity contribution < 1.29 is 4.74 Å². The Kier molecular flexibility index (Phi) is 3.83. The van der Waals surface area contributed by atoms with Crippen molar-refractivity contribution in [3.63, 3.8) is 0 Å². The van der Waals surface area contributed by atoms with Crippen molar-refractivity contribution in [3.8, 4) is 0 Å². The fraction of sp³-hybridized carbons (Fsp3) is 0.562. The van der Waals surface area contributed by atoms with E-state index >= 15 is 0 Å². The van der Waals surface area contributed by atoms with Crippen LogP contribution >= 0.6 is 0 Å². The number of nitrogens with one attached hydrogen (secondary N) is 1. The topological polar surface area (TPSA) is 36.3 Å². The molecule has 1 aliphatic heterocycles. The lowest BCUT2D eigenvalue weighted by Crippen LogP contribution is -2.29. The largest absolute Gasteiger partial charge is 0.376 e. The van der Waals surface area contributed by atoms with Crippen LogP contribution in [0.2, 0.25) is 0 Å². The van der Waals surface area contributed by atoms with Gasteiger partial charge in [0.05, 0.1) is 12.7 Å². The SMILES string of the molecule is N=C1c2ccccc2CN1CCOC1CCCCC1. The summed E-state index contributed by atoms with van der Waals surface area (Å²) in [6.45, 7) is 2.45. The van der Waals surface area contributed by atoms with Gasteiger partial charge in [0.15, 0.2) is 0 Å². The van der Waals surface area contributed by atoms with E-state index in [0.717, 1.165) is 25.3 Å². The van der Waals surface area contributed by atoms with Gasteiger partial charge in [-0.05, 0) is 18.4 Å². The quantitative estimate of drug-likeness (QED) is 0.900. The van der Waals surface area contributed by atoms with Gasteiger partial charge >= 0.3 is 0 Å². The molecular formula is C16H22N2O. The Bertz CT molecular complexity index is 452. The van der Waals surface area contributed by atoms with Crippen molar-refractivity contribution in [2.75, 3.05) is 13.2 Å². The lowest BCUT2D eigenvalue weighted by Gasteiger charge is -2.24. The first kappa shape index (κ1) is 12.7. The molecule has 0 radical (unpaired) electrons. The standard InChI is InChI=1S/C16H22N2O/c17-16-15-9-5-4-6-13(15)12-18(16)10-11-19-14-7-2-1-3-8-14/h4-6,9,14,17H,1-3,7-8,10-12H2. The number of rotatable bonds is 4. The summed E-state index contributed by atoms with van der Waals surface area (Å²) in [5.41, 5.74) is 2.35. The Morgan fingerprint density at radius 3 is 2.74 bits per heavy atom. The summed E-state index contributed by atoms with van der Waals surface area (Å²) in [7, 11) is 0. The zero-order valence-corrected chi connectivity index (χ0v) is 11.4. The average molecular weight is 258 g/mol. The van der Waals surface area contributed by atoms with Crippen LogP contribution in [-0.2, 0) is 11.3 Å². The van der Waals surface area contributed by atoms with Crippen LogP contribution in [0.15, 0.2) is 24.3 Å². The van der Waals surface area contributed by atoms with Crippen LogP contribution in [-0.4, -0.2) is 30.0 Å². The maximum atomic E-state index is 8.18. The zero-order chi connectivity index (χ0) is 13.1. The van der Waals surface area contributed by atoms with Crippen LogP contribution in [0.3, 0.4) is 0 Å². The molecule has 1 aromatic rings. The smallest absolute Gasteiger partial charge is 0.128 e. The average Bonchev–Trinajstić information content (AvgIpc) is 2.78. The molecule has 3 rings (SSSR count). The third-order valence-corrected chi connectivity index (χ3v) is 4.22. The van der Waals surface area contributed by atoms with Gasteiger partial charge in [-0.15, -0.1) is 0 Å². The van der Waals surface area contributed by atoms with Crippen LogP contribution in [0, 0.1) is 5.41 Å². The third-order valence-electron chi connectivity index (χ3n) is 4.22. The molecule has 0 aromatic heterocycles. The van der Waals surface area contributed by atoms with Crippen molar-refractivity contribution in [2.45, 2.75) is 44.8 Å². The molecule has 1 N–H and O–H groups in total. The number of nitrogens with zero attached hydrogens (tertiary/aromatic N) is 1. The molecule has 1 heterocycles. The summed E-state index contributed by atoms with van der Waals surface area (Å²) in [5, 5.41) is 8.18. The highest BCUT2D eigenvalue weighted by Crippen LogP contribution is 2.23. The van der Waals surface area contributed by atoms with E-state index < -0.39 is 0 Å². The molecule has 0 spiro atoms. The minimum absolute atomic E-state index is 0.466. The molecule has 0 atom stereocenters. The monoisotopic (exact) mass is 258 g/mol. The first-order valence-electron chi connectivity index (χ1n) is 7.38. The lowest BCUT2D eigenvalue weighted by atomic mass is 9.98. The molecular weight excluding hydrogens is 236 g/mol. The van der Waals surface area contributed by atoms with Crippen LogP contribution in [0.1, 0.15) is 43.2 Å². The Labute approximate surface area is 115 Å². The van der Waals surface area contributed by atoms with E-state index in [4.69, 9.17) is 10.1 Å². The number of benzene rings is 1. The molecule has 1 aromatic carbocycles. The summed E-state index contributed by atoms with van der Waals surface area (Å²) in [5.74, 6) is 0.655. The molecule has 0 saturated heterocycles. The molecule has 2 aliphatic rings. The van der Waals surface area contributed by atoms with Crippen LogP contribution < -0.4 is 0 Å². The van der Waals surface area contributed by atoms with Gasteiger partial charge in [-0.1, -0.05) is 43.5 Å². The van der Waals surface area contributed by atoms with Crippen molar-refractivity contribution in [1.29, 1.82) is 5.41 Å². The summed E-state index contributed by atoms with van der Waals surface area (Å²) in [6.07, 6.45) is 6.90. The van der Waals surface area contributed by atoms with Crippen molar-refractivity contribution >= 4 is 5.84 Å². The molecule has 0 amide bonds. The number of hydrogen-bond acceptors (Lipinski definition) is 2. The minimum Gasteiger partial charge on any atom is -0.376 e. The van der Waals surface area contributed by atoms with E-state index in [1.54, 1.807) is 0 Å². The molecule has 1 saturated carbocycles. The van der Waals surface area contributed by atoms with Gasteiger partial charge in [-0.25, -0.2) is 0 Å². The van der Waals surface area contributed by atoms with Gasteiger partial charge in [-0.3, -0.25) is 5.41 Å². The first-order chi connectivity index (χ1) is 9.34. The fourth-order valence-electron chi connectivity index (χ4n) is 3.10. The number of amidine groups is 1. The second-order valence-corrected chi connectivity index (χ2v) is 5.56. The van der Waals surface area contributed by atoms with Gasteiger partial charge in [-0.2, -0.15) is 0 Å². The van der Waals surface area contributed by atoms with Gasteiger partial charge in [0.2, 0.25) is 0 Å². The van der Waals surface area contributed by atoms with E-state index in [1.807, 2.05) is 18.2 Å². The van der Waals surface area contributed by atoms with Gasteiger partial charge in [0.1, 0.15) is 5.84 Å². The van der Waals surface area contributed by atoms with Gasteiger partial charge < -0.3 is 9.64 Å². The molecule has 3 heteroatoms. The second-order valence-electron chi connectivity index (χ2n) is 5.56. The predicted molar refractivity (Wildman–Crippen MR) is 76.5 cm³/mol. The maximum absolute atomic E-state index is 8.18. The summed E-state index contributed by atoms with van der Waals surface area (Å²) in [4.78, 5) is 2.12. The fourth-order valence-corrected chi connectivity index (χ4v) is 3.10. The number of hydrogen-bond donors (Lipinski definition) is 1. The number of fused-ring (bicyclic) bond motifs is 1. The summed E-state index contributed by atoms with van der Waals surface area (Å²) in [6, 6.07) is 8.22. The normalized spacial score (nSPS) is 19.8. The van der Waals surface area contributed by atoms with Crippen LogP contribution in [0.4, 0.5) is 0 Å². The summed E-state index contributed by atoms with van der Waals surface area (Å²) >= 11 is 0. The highest BCUT2D eigenvalue weighted by atomic mass is 16.5. The molecule has 102 valence electrons. The number of ether oxygens (including phenoxy) is 1. The van der Waals surface area contributed by atoms with E-state index in [-0.39, 0.29) is 0 Å². The maximum Gasteiger partial charge on any atom is 0.128 e. The third kappa shape index (κ3) is 2.81. The van der Waals surface area contributed by atoms with Crippen LogP contribution in [0.25, 0.3) is 0 Å². The zero-order valence-electron chi connectivity index (χ0n) is 11.4. The van der Waals surface area contributed by atoms with E-state index in [1.165, 1.54) is 37.7 Å². The van der Waals surface area contributed by atoms with E-state index in [9.17, 15) is 0 Å². The Balaban J connectivity index is 1.48. The Morgan fingerprint density at radius 1 is 1.16 bits per heavy atom. The van der Waals surface area contributed by atoms with Crippen molar-refractivity contribution in [1.82, 2.24) is 4.90 Å². The van der Waals surface area contributed by atoms with E-state index in [2.05, 4.69) is 11.0 Å². The first-order valence-corrected chi connectivity index (χ1v) is 7.38. The lowest BCUT2D eigenvalue weighted by molar-refractivity contribution is 0.0227. The molecule has 0 unspecified atom stereocenters. The molecule has 19 heavy (non-hydrogen) atoms. The van der Waals surface area contributed by atoms with Crippen molar-refractivity contribution in [3.05, 3.63) is 35.4 Å². The minimum atomic E-state index is 0.466. The Hall–Kier alpha value is -1.35. The van der Waals surface area contributed by atoms with Crippen molar-refractivity contribution in [2.24, 2.45) is 0 Å². The molecule has 0 bridgehead atoms. The highest BCUT2D eigenvalue weighted by molar-refractivity contribution is 6.00. The molecule has 1 aliphatic carbocycles. The van der Waals surface area contributed by atoms with Crippen LogP contribution in [0.5, 0.6) is 0 Å². The predicted octanol–water partition coefficient (Wildman–Crippen LogP) is 3.18. The Morgan fingerprint density at radius 2 is 1.95 bits per heavy atom. The summed E-state index contributed by atoms with van der Waals surface area (Å²) < 4.78 is 5.95. The molecule has 3 nitrogen and oxygen atoms in total. The van der Waals surface area contributed by atoms with Gasteiger partial charge in [0, 0.05) is 18.7 Å². The van der Waals surface area contributed by atoms with Gasteiger partial charge in [0.25, 0.3) is 0 Å². The van der Waals surface area contributed by atoms with E-state index in [0.29, 0.717) is 11.9 Å².